The summed E-state index contributed by atoms with van der Waals surface area (Å²) in [4.78, 5) is 0. The third kappa shape index (κ3) is 3.29. The zero-order valence-electron chi connectivity index (χ0n) is 13.2. The molecule has 0 radical (unpaired) electrons. The molecule has 2 unspecified atom stereocenters. The Labute approximate surface area is 127 Å². The molecule has 3 heteroatoms. The van der Waals surface area contributed by atoms with E-state index in [1.54, 1.807) is 12.1 Å². The minimum absolute atomic E-state index is 0.0355. The molecule has 0 spiro atoms. The Bertz CT molecular complexity index is 472. The van der Waals surface area contributed by atoms with Crippen molar-refractivity contribution < 1.29 is 9.50 Å². The first-order valence-corrected chi connectivity index (χ1v) is 8.20. The predicted octanol–water partition coefficient (Wildman–Crippen LogP) is 3.81. The molecular weight excluding hydrogens is 265 g/mol. The number of hydrogen-bond donors (Lipinski definition) is 2. The number of halogens is 1. The van der Waals surface area contributed by atoms with E-state index in [-0.39, 0.29) is 17.3 Å². The van der Waals surface area contributed by atoms with Crippen LogP contribution in [0.2, 0.25) is 0 Å². The van der Waals surface area contributed by atoms with Gasteiger partial charge in [0.05, 0.1) is 5.60 Å². The minimum atomic E-state index is -0.888. The Kier molecular flexibility index (Phi) is 5.05. The van der Waals surface area contributed by atoms with Crippen LogP contribution >= 0.6 is 0 Å². The van der Waals surface area contributed by atoms with E-state index in [0.717, 1.165) is 32.1 Å². The second-order valence-electron chi connectivity index (χ2n) is 6.61. The van der Waals surface area contributed by atoms with Gasteiger partial charge in [-0.3, -0.25) is 0 Å². The van der Waals surface area contributed by atoms with Crippen molar-refractivity contribution >= 4 is 0 Å². The Hall–Kier alpha value is -0.930. The van der Waals surface area contributed by atoms with Crippen molar-refractivity contribution in [3.05, 3.63) is 35.6 Å². The molecular formula is C18H28FNO. The fourth-order valence-electron chi connectivity index (χ4n) is 3.97. The molecule has 1 aromatic carbocycles. The van der Waals surface area contributed by atoms with Crippen LogP contribution in [0.15, 0.2) is 24.3 Å². The zero-order chi connectivity index (χ0) is 15.5. The molecule has 0 amide bonds. The van der Waals surface area contributed by atoms with Crippen LogP contribution in [0.5, 0.6) is 0 Å². The normalized spacial score (nSPS) is 26.8. The van der Waals surface area contributed by atoms with Crippen LogP contribution in [0.25, 0.3) is 0 Å². The molecule has 1 aromatic rings. The molecule has 2 rings (SSSR count). The molecule has 1 aliphatic carbocycles. The molecule has 1 saturated carbocycles. The second-order valence-corrected chi connectivity index (χ2v) is 6.61. The lowest BCUT2D eigenvalue weighted by atomic mass is 9.62. The highest BCUT2D eigenvalue weighted by atomic mass is 19.1. The molecule has 118 valence electrons. The third-order valence-electron chi connectivity index (χ3n) is 5.47. The van der Waals surface area contributed by atoms with Gasteiger partial charge in [-0.25, -0.2) is 4.39 Å². The average molecular weight is 293 g/mol. The lowest BCUT2D eigenvalue weighted by Gasteiger charge is -2.49. The molecule has 3 N–H and O–H groups in total. The van der Waals surface area contributed by atoms with Crippen LogP contribution in [0, 0.1) is 11.7 Å². The topological polar surface area (TPSA) is 46.2 Å². The number of rotatable bonds is 5. The molecule has 1 fully saturated rings. The molecule has 0 bridgehead atoms. The summed E-state index contributed by atoms with van der Waals surface area (Å²) in [6, 6.07) is 6.75. The molecule has 0 saturated heterocycles. The maximum Gasteiger partial charge on any atom is 0.126 e. The first-order chi connectivity index (χ1) is 9.95. The molecule has 1 aliphatic rings. The summed E-state index contributed by atoms with van der Waals surface area (Å²) < 4.78 is 14.0. The maximum absolute atomic E-state index is 14.0. The Morgan fingerprint density at radius 3 is 2.57 bits per heavy atom. The summed E-state index contributed by atoms with van der Waals surface area (Å²) in [6.45, 7) is 4.17. The van der Waals surface area contributed by atoms with Crippen molar-refractivity contribution in [2.45, 2.75) is 69.9 Å². The molecule has 0 heterocycles. The van der Waals surface area contributed by atoms with Gasteiger partial charge < -0.3 is 10.8 Å². The highest BCUT2D eigenvalue weighted by molar-refractivity contribution is 5.21. The van der Waals surface area contributed by atoms with Crippen molar-refractivity contribution in [2.75, 3.05) is 0 Å². The fourth-order valence-corrected chi connectivity index (χ4v) is 3.97. The lowest BCUT2D eigenvalue weighted by Crippen LogP contribution is -2.58. The fraction of sp³-hybridized carbons (Fsp3) is 0.667. The lowest BCUT2D eigenvalue weighted by molar-refractivity contribution is -0.0804. The van der Waals surface area contributed by atoms with E-state index in [9.17, 15) is 9.50 Å². The van der Waals surface area contributed by atoms with Crippen molar-refractivity contribution in [1.82, 2.24) is 0 Å². The third-order valence-corrected chi connectivity index (χ3v) is 5.47. The monoisotopic (exact) mass is 293 g/mol. The predicted molar refractivity (Wildman–Crippen MR) is 84.5 cm³/mol. The summed E-state index contributed by atoms with van der Waals surface area (Å²) in [5, 5.41) is 11.3. The van der Waals surface area contributed by atoms with Crippen LogP contribution in [-0.4, -0.2) is 16.2 Å². The highest BCUT2D eigenvalue weighted by Gasteiger charge is 2.47. The van der Waals surface area contributed by atoms with E-state index in [4.69, 9.17) is 5.73 Å². The standard InChI is InChI=1S/C18H28FNO/c1-3-17(20,4-2)16-11-7-8-12-18(16,21)13-14-9-5-6-10-15(14)19/h5-6,9-10,16,21H,3-4,7-8,11-13,20H2,1-2H3. The quantitative estimate of drug-likeness (QED) is 0.867. The number of nitrogens with two attached hydrogens (primary N) is 1. The summed E-state index contributed by atoms with van der Waals surface area (Å²) in [7, 11) is 0. The van der Waals surface area contributed by atoms with Gasteiger partial charge in [-0.05, 0) is 37.3 Å². The molecule has 0 aromatic heterocycles. The smallest absolute Gasteiger partial charge is 0.126 e. The zero-order valence-corrected chi connectivity index (χ0v) is 13.2. The van der Waals surface area contributed by atoms with Gasteiger partial charge in [-0.2, -0.15) is 0 Å². The molecule has 21 heavy (non-hydrogen) atoms. The average Bonchev–Trinajstić information content (AvgIpc) is 2.49. The van der Waals surface area contributed by atoms with E-state index in [1.807, 2.05) is 6.07 Å². The second kappa shape index (κ2) is 6.45. The number of hydrogen-bond acceptors (Lipinski definition) is 2. The van der Waals surface area contributed by atoms with Gasteiger partial charge in [0.1, 0.15) is 5.82 Å². The molecule has 2 atom stereocenters. The van der Waals surface area contributed by atoms with Crippen molar-refractivity contribution in [1.29, 1.82) is 0 Å². The van der Waals surface area contributed by atoms with E-state index in [1.165, 1.54) is 6.07 Å². The van der Waals surface area contributed by atoms with Gasteiger partial charge in [0.15, 0.2) is 0 Å². The summed E-state index contributed by atoms with van der Waals surface area (Å²) in [5.41, 5.74) is 5.94. The van der Waals surface area contributed by atoms with Gasteiger partial charge in [-0.15, -0.1) is 0 Å². The summed E-state index contributed by atoms with van der Waals surface area (Å²) in [6.07, 6.45) is 5.78. The number of benzene rings is 1. The van der Waals surface area contributed by atoms with Gasteiger partial charge in [0.2, 0.25) is 0 Å². The maximum atomic E-state index is 14.0. The van der Waals surface area contributed by atoms with E-state index in [0.29, 0.717) is 18.4 Å². The van der Waals surface area contributed by atoms with Crippen LogP contribution in [0.3, 0.4) is 0 Å². The van der Waals surface area contributed by atoms with E-state index >= 15 is 0 Å². The Balaban J connectivity index is 2.30. The Morgan fingerprint density at radius 2 is 1.95 bits per heavy atom. The van der Waals surface area contributed by atoms with Crippen molar-refractivity contribution in [3.8, 4) is 0 Å². The first-order valence-electron chi connectivity index (χ1n) is 8.20. The van der Waals surface area contributed by atoms with E-state index < -0.39 is 5.60 Å². The van der Waals surface area contributed by atoms with Crippen molar-refractivity contribution in [3.63, 3.8) is 0 Å². The Morgan fingerprint density at radius 1 is 1.29 bits per heavy atom. The van der Waals surface area contributed by atoms with Gasteiger partial charge in [0.25, 0.3) is 0 Å². The molecule has 0 aliphatic heterocycles. The SMILES string of the molecule is CCC(N)(CC)C1CCCCC1(O)Cc1ccccc1F. The highest BCUT2D eigenvalue weighted by Crippen LogP contribution is 2.44. The van der Waals surface area contributed by atoms with Gasteiger partial charge in [0, 0.05) is 17.9 Å². The van der Waals surface area contributed by atoms with Crippen molar-refractivity contribution in [2.24, 2.45) is 11.7 Å². The molecule has 2 nitrogen and oxygen atoms in total. The minimum Gasteiger partial charge on any atom is -0.389 e. The van der Waals surface area contributed by atoms with Crippen LogP contribution in [-0.2, 0) is 6.42 Å². The summed E-state index contributed by atoms with van der Waals surface area (Å²) >= 11 is 0. The first kappa shape index (κ1) is 16.4. The van der Waals surface area contributed by atoms with Crippen LogP contribution in [0.1, 0.15) is 57.9 Å². The number of aliphatic hydroxyl groups is 1. The van der Waals surface area contributed by atoms with Crippen LogP contribution in [0.4, 0.5) is 4.39 Å². The van der Waals surface area contributed by atoms with E-state index in [2.05, 4.69) is 13.8 Å². The van der Waals surface area contributed by atoms with Gasteiger partial charge >= 0.3 is 0 Å². The van der Waals surface area contributed by atoms with Gasteiger partial charge in [-0.1, -0.05) is 44.9 Å². The summed E-state index contributed by atoms with van der Waals surface area (Å²) in [5.74, 6) is -0.195. The van der Waals surface area contributed by atoms with Crippen LogP contribution < -0.4 is 5.73 Å². The largest absolute Gasteiger partial charge is 0.389 e.